The van der Waals surface area contributed by atoms with Crippen molar-refractivity contribution in [3.8, 4) is 0 Å². The van der Waals surface area contributed by atoms with E-state index in [0.29, 0.717) is 24.4 Å². The Morgan fingerprint density at radius 1 is 1.42 bits per heavy atom. The number of amidine groups is 1. The highest BCUT2D eigenvalue weighted by Gasteiger charge is 2.36. The average Bonchev–Trinajstić information content (AvgIpc) is 3.16. The van der Waals surface area contributed by atoms with E-state index in [4.69, 9.17) is 0 Å². The molecule has 3 nitrogen and oxygen atoms in total. The van der Waals surface area contributed by atoms with E-state index in [0.717, 1.165) is 18.0 Å². The number of aliphatic imine (C=N–C) groups is 1. The molecule has 3 rings (SSSR count). The molecule has 0 atom stereocenters. The van der Waals surface area contributed by atoms with Crippen molar-refractivity contribution in [2.24, 2.45) is 10.9 Å². The summed E-state index contributed by atoms with van der Waals surface area (Å²) in [6.07, 6.45) is 2.00. The van der Waals surface area contributed by atoms with Crippen molar-refractivity contribution in [2.75, 3.05) is 13.1 Å². The molecule has 1 heterocycles. The summed E-state index contributed by atoms with van der Waals surface area (Å²) in [5.41, 5.74) is 0.654. The maximum atomic E-state index is 13.5. The van der Waals surface area contributed by atoms with E-state index in [1.54, 1.807) is 17.0 Å². The second kappa shape index (κ2) is 5.33. The van der Waals surface area contributed by atoms with Gasteiger partial charge in [-0.1, -0.05) is 30.0 Å². The van der Waals surface area contributed by atoms with Gasteiger partial charge in [0.15, 0.2) is 5.17 Å². The Hall–Kier alpha value is -1.36. The Balaban J connectivity index is 1.63. The predicted molar refractivity (Wildman–Crippen MR) is 74.4 cm³/mol. The fourth-order valence-electron chi connectivity index (χ4n) is 2.06. The van der Waals surface area contributed by atoms with Crippen LogP contribution in [0.4, 0.5) is 4.39 Å². The Morgan fingerprint density at radius 2 is 2.21 bits per heavy atom. The number of halogens is 1. The van der Waals surface area contributed by atoms with Gasteiger partial charge in [0.1, 0.15) is 5.82 Å². The number of carbonyl (C=O) groups is 1. The van der Waals surface area contributed by atoms with Crippen molar-refractivity contribution < 1.29 is 9.18 Å². The third kappa shape index (κ3) is 2.81. The summed E-state index contributed by atoms with van der Waals surface area (Å²) < 4.78 is 13.5. The molecule has 1 fully saturated rings. The number of nitrogens with zero attached hydrogens (tertiary/aromatic N) is 2. The first-order chi connectivity index (χ1) is 9.25. The molecule has 0 saturated heterocycles. The van der Waals surface area contributed by atoms with E-state index in [1.807, 2.05) is 6.07 Å². The van der Waals surface area contributed by atoms with E-state index in [1.165, 1.54) is 17.8 Å². The SMILES string of the molecule is O=C(C1CC1)N1CCN=C1SCc1ccccc1F. The van der Waals surface area contributed by atoms with Crippen LogP contribution in [0.3, 0.4) is 0 Å². The van der Waals surface area contributed by atoms with Crippen LogP contribution in [0.1, 0.15) is 18.4 Å². The molecule has 1 aliphatic heterocycles. The van der Waals surface area contributed by atoms with Crippen molar-refractivity contribution in [1.82, 2.24) is 4.90 Å². The fraction of sp³-hybridized carbons (Fsp3) is 0.429. The number of thioether (sulfide) groups is 1. The smallest absolute Gasteiger partial charge is 0.231 e. The number of hydrogen-bond donors (Lipinski definition) is 0. The standard InChI is InChI=1S/C14H15FN2OS/c15-12-4-2-1-3-11(12)9-19-14-16-7-8-17(14)13(18)10-5-6-10/h1-4,10H,5-9H2. The van der Waals surface area contributed by atoms with Crippen LogP contribution in [0.2, 0.25) is 0 Å². The molecule has 0 radical (unpaired) electrons. The lowest BCUT2D eigenvalue weighted by atomic mass is 10.2. The highest BCUT2D eigenvalue weighted by Crippen LogP contribution is 2.33. The van der Waals surface area contributed by atoms with E-state index in [-0.39, 0.29) is 17.6 Å². The van der Waals surface area contributed by atoms with Gasteiger partial charge in [-0.25, -0.2) is 4.39 Å². The number of benzene rings is 1. The van der Waals surface area contributed by atoms with Gasteiger partial charge in [-0.2, -0.15) is 0 Å². The molecule has 1 amide bonds. The van der Waals surface area contributed by atoms with Crippen molar-refractivity contribution >= 4 is 22.8 Å². The van der Waals surface area contributed by atoms with Gasteiger partial charge in [-0.05, 0) is 24.5 Å². The maximum absolute atomic E-state index is 13.5. The molecular formula is C14H15FN2OS. The minimum atomic E-state index is -0.200. The third-order valence-electron chi connectivity index (χ3n) is 3.31. The third-order valence-corrected chi connectivity index (χ3v) is 4.37. The number of hydrogen-bond acceptors (Lipinski definition) is 3. The molecular weight excluding hydrogens is 263 g/mol. The van der Waals surface area contributed by atoms with Gasteiger partial charge in [0.2, 0.25) is 5.91 Å². The van der Waals surface area contributed by atoms with Crippen LogP contribution >= 0.6 is 11.8 Å². The van der Waals surface area contributed by atoms with Crippen LogP contribution in [-0.4, -0.2) is 29.1 Å². The summed E-state index contributed by atoms with van der Waals surface area (Å²) in [4.78, 5) is 18.2. The largest absolute Gasteiger partial charge is 0.289 e. The van der Waals surface area contributed by atoms with Gasteiger partial charge in [-0.15, -0.1) is 0 Å². The highest BCUT2D eigenvalue weighted by molar-refractivity contribution is 8.13. The molecule has 1 aliphatic carbocycles. The summed E-state index contributed by atoms with van der Waals surface area (Å²) >= 11 is 1.45. The molecule has 19 heavy (non-hydrogen) atoms. The Bertz CT molecular complexity index is 528. The lowest BCUT2D eigenvalue weighted by molar-refractivity contribution is -0.128. The molecule has 0 N–H and O–H groups in total. The highest BCUT2D eigenvalue weighted by atomic mass is 32.2. The molecule has 2 aliphatic rings. The van der Waals surface area contributed by atoms with Gasteiger partial charge in [0.25, 0.3) is 0 Å². The first-order valence-corrected chi connectivity index (χ1v) is 7.46. The van der Waals surface area contributed by atoms with Gasteiger partial charge in [0.05, 0.1) is 6.54 Å². The molecule has 0 spiro atoms. The van der Waals surface area contributed by atoms with Crippen molar-refractivity contribution in [3.05, 3.63) is 35.6 Å². The van der Waals surface area contributed by atoms with Crippen LogP contribution < -0.4 is 0 Å². The molecule has 5 heteroatoms. The second-order valence-electron chi connectivity index (χ2n) is 4.81. The molecule has 100 valence electrons. The fourth-order valence-corrected chi connectivity index (χ4v) is 3.10. The van der Waals surface area contributed by atoms with Gasteiger partial charge in [0, 0.05) is 18.2 Å². The quantitative estimate of drug-likeness (QED) is 0.851. The average molecular weight is 278 g/mol. The summed E-state index contributed by atoms with van der Waals surface area (Å²) in [5.74, 6) is 0.711. The summed E-state index contributed by atoms with van der Waals surface area (Å²) in [7, 11) is 0. The summed E-state index contributed by atoms with van der Waals surface area (Å²) in [6.45, 7) is 1.34. The molecule has 0 bridgehead atoms. The van der Waals surface area contributed by atoms with Crippen LogP contribution in [0, 0.1) is 11.7 Å². The monoisotopic (exact) mass is 278 g/mol. The topological polar surface area (TPSA) is 32.7 Å². The first kappa shape index (κ1) is 12.7. The van der Waals surface area contributed by atoms with Crippen molar-refractivity contribution in [1.29, 1.82) is 0 Å². The zero-order valence-corrected chi connectivity index (χ0v) is 11.3. The van der Waals surface area contributed by atoms with E-state index in [9.17, 15) is 9.18 Å². The summed E-state index contributed by atoms with van der Waals surface area (Å²) in [5, 5.41) is 0.750. The van der Waals surface area contributed by atoms with Crippen molar-refractivity contribution in [2.45, 2.75) is 18.6 Å². The second-order valence-corrected chi connectivity index (χ2v) is 5.75. The zero-order valence-electron chi connectivity index (χ0n) is 10.5. The van der Waals surface area contributed by atoms with Crippen LogP contribution in [0.25, 0.3) is 0 Å². The molecule has 0 aromatic heterocycles. The van der Waals surface area contributed by atoms with Crippen LogP contribution in [-0.2, 0) is 10.5 Å². The number of carbonyl (C=O) groups excluding carboxylic acids is 1. The lowest BCUT2D eigenvalue weighted by Crippen LogP contribution is -2.33. The first-order valence-electron chi connectivity index (χ1n) is 6.48. The zero-order chi connectivity index (χ0) is 13.2. The van der Waals surface area contributed by atoms with Crippen LogP contribution in [0.5, 0.6) is 0 Å². The minimum absolute atomic E-state index is 0.192. The Morgan fingerprint density at radius 3 is 2.95 bits per heavy atom. The lowest BCUT2D eigenvalue weighted by Gasteiger charge is -2.17. The Kier molecular flexibility index (Phi) is 3.55. The number of amides is 1. The van der Waals surface area contributed by atoms with Gasteiger partial charge >= 0.3 is 0 Å². The predicted octanol–water partition coefficient (Wildman–Crippen LogP) is 2.67. The maximum Gasteiger partial charge on any atom is 0.231 e. The van der Waals surface area contributed by atoms with E-state index < -0.39 is 0 Å². The molecule has 1 aromatic rings. The Labute approximate surface area is 115 Å². The van der Waals surface area contributed by atoms with Gasteiger partial charge < -0.3 is 0 Å². The van der Waals surface area contributed by atoms with Crippen LogP contribution in [0.15, 0.2) is 29.3 Å². The van der Waals surface area contributed by atoms with Gasteiger partial charge in [-0.3, -0.25) is 14.7 Å². The summed E-state index contributed by atoms with van der Waals surface area (Å²) in [6, 6.07) is 6.73. The van der Waals surface area contributed by atoms with Crippen molar-refractivity contribution in [3.63, 3.8) is 0 Å². The minimum Gasteiger partial charge on any atom is -0.289 e. The molecule has 0 unspecified atom stereocenters. The van der Waals surface area contributed by atoms with E-state index >= 15 is 0 Å². The van der Waals surface area contributed by atoms with E-state index in [2.05, 4.69) is 4.99 Å². The number of rotatable bonds is 3. The molecule has 1 aromatic carbocycles. The molecule has 1 saturated carbocycles. The normalized spacial score (nSPS) is 18.6.